The molecule has 0 atom stereocenters. The quantitative estimate of drug-likeness (QED) is 0.505. The van der Waals surface area contributed by atoms with E-state index < -0.39 is 5.97 Å². The first-order chi connectivity index (χ1) is 9.60. The average Bonchev–Trinajstić information content (AvgIpc) is 2.78. The zero-order valence-corrected chi connectivity index (χ0v) is 11.7. The van der Waals surface area contributed by atoms with Crippen molar-refractivity contribution in [2.45, 2.75) is 19.9 Å². The predicted molar refractivity (Wildman–Crippen MR) is 72.1 cm³/mol. The van der Waals surface area contributed by atoms with Crippen molar-refractivity contribution in [1.29, 1.82) is 0 Å². The maximum atomic E-state index is 11.5. The lowest BCUT2D eigenvalue weighted by Crippen LogP contribution is -2.27. The van der Waals surface area contributed by atoms with E-state index in [1.54, 1.807) is 18.6 Å². The Hall–Kier alpha value is -2.09. The molecule has 0 aromatic carbocycles. The highest BCUT2D eigenvalue weighted by atomic mass is 16.5. The number of hydrogen-bond acceptors (Lipinski definition) is 6. The SMILES string of the molecule is CCOC(=O)c1ncn(CCC(=O)NCCOC)c1N. The van der Waals surface area contributed by atoms with E-state index in [9.17, 15) is 9.59 Å². The number of nitrogen functional groups attached to an aromatic ring is 1. The van der Waals surface area contributed by atoms with Crippen LogP contribution < -0.4 is 11.1 Å². The molecule has 1 rings (SSSR count). The second kappa shape index (κ2) is 8.16. The van der Waals surface area contributed by atoms with Crippen molar-refractivity contribution in [3.05, 3.63) is 12.0 Å². The van der Waals surface area contributed by atoms with Crippen LogP contribution in [0, 0.1) is 0 Å². The van der Waals surface area contributed by atoms with Crippen molar-refractivity contribution in [3.8, 4) is 0 Å². The molecular formula is C12H20N4O4. The van der Waals surface area contributed by atoms with Crippen LogP contribution >= 0.6 is 0 Å². The van der Waals surface area contributed by atoms with E-state index in [0.29, 0.717) is 19.7 Å². The van der Waals surface area contributed by atoms with Gasteiger partial charge in [0.05, 0.1) is 19.5 Å². The van der Waals surface area contributed by atoms with Crippen LogP contribution in [0.2, 0.25) is 0 Å². The van der Waals surface area contributed by atoms with Crippen molar-refractivity contribution in [1.82, 2.24) is 14.9 Å². The van der Waals surface area contributed by atoms with E-state index in [1.165, 1.54) is 6.33 Å². The van der Waals surface area contributed by atoms with Gasteiger partial charge in [-0.2, -0.15) is 0 Å². The largest absolute Gasteiger partial charge is 0.461 e. The van der Waals surface area contributed by atoms with Gasteiger partial charge in [0.1, 0.15) is 5.82 Å². The minimum Gasteiger partial charge on any atom is -0.461 e. The molecule has 20 heavy (non-hydrogen) atoms. The van der Waals surface area contributed by atoms with E-state index in [4.69, 9.17) is 15.2 Å². The fourth-order valence-electron chi connectivity index (χ4n) is 1.53. The number of hydrogen-bond donors (Lipinski definition) is 2. The van der Waals surface area contributed by atoms with Gasteiger partial charge >= 0.3 is 5.97 Å². The first kappa shape index (κ1) is 16.0. The Morgan fingerprint density at radius 3 is 2.90 bits per heavy atom. The molecule has 3 N–H and O–H groups in total. The van der Waals surface area contributed by atoms with E-state index in [1.807, 2.05) is 0 Å². The smallest absolute Gasteiger partial charge is 0.360 e. The summed E-state index contributed by atoms with van der Waals surface area (Å²) in [5.41, 5.74) is 5.87. The van der Waals surface area contributed by atoms with Gasteiger partial charge in [-0.05, 0) is 6.92 Å². The van der Waals surface area contributed by atoms with Crippen LogP contribution in [-0.2, 0) is 20.8 Å². The van der Waals surface area contributed by atoms with Crippen molar-refractivity contribution < 1.29 is 19.1 Å². The van der Waals surface area contributed by atoms with Gasteiger partial charge in [-0.25, -0.2) is 9.78 Å². The normalized spacial score (nSPS) is 10.3. The number of nitrogens with two attached hydrogens (primary N) is 1. The number of carbonyl (C=O) groups excluding carboxylic acids is 2. The van der Waals surface area contributed by atoms with Gasteiger partial charge in [-0.15, -0.1) is 0 Å². The summed E-state index contributed by atoms with van der Waals surface area (Å²) < 4.78 is 11.2. The standard InChI is InChI=1S/C12H20N4O4/c1-3-20-12(18)10-11(13)16(8-15-10)6-4-9(17)14-5-7-19-2/h8H,3-7,13H2,1-2H3,(H,14,17). The number of imidazole rings is 1. The summed E-state index contributed by atoms with van der Waals surface area (Å²) in [7, 11) is 1.56. The molecule has 8 heteroatoms. The Morgan fingerprint density at radius 1 is 1.50 bits per heavy atom. The molecule has 1 aromatic heterocycles. The number of amides is 1. The van der Waals surface area contributed by atoms with E-state index in [2.05, 4.69) is 10.3 Å². The molecule has 8 nitrogen and oxygen atoms in total. The summed E-state index contributed by atoms with van der Waals surface area (Å²) in [6, 6.07) is 0. The molecule has 0 bridgehead atoms. The molecule has 1 amide bonds. The zero-order valence-electron chi connectivity index (χ0n) is 11.7. The van der Waals surface area contributed by atoms with Crippen molar-refractivity contribution in [2.24, 2.45) is 0 Å². The van der Waals surface area contributed by atoms with Gasteiger partial charge in [-0.1, -0.05) is 0 Å². The van der Waals surface area contributed by atoms with Crippen LogP contribution in [0.25, 0.3) is 0 Å². The Labute approximate surface area is 117 Å². The highest BCUT2D eigenvalue weighted by Crippen LogP contribution is 2.11. The lowest BCUT2D eigenvalue weighted by Gasteiger charge is -2.06. The molecule has 0 radical (unpaired) electrons. The van der Waals surface area contributed by atoms with E-state index in [-0.39, 0.29) is 30.4 Å². The second-order valence-electron chi connectivity index (χ2n) is 3.99. The highest BCUT2D eigenvalue weighted by molar-refractivity contribution is 5.92. The molecule has 0 unspecified atom stereocenters. The molecule has 0 fully saturated rings. The number of rotatable bonds is 8. The molecule has 0 aliphatic heterocycles. The monoisotopic (exact) mass is 284 g/mol. The molecule has 112 valence electrons. The lowest BCUT2D eigenvalue weighted by atomic mass is 10.3. The summed E-state index contributed by atoms with van der Waals surface area (Å²) in [6.45, 7) is 3.23. The minimum absolute atomic E-state index is 0.0756. The number of nitrogens with one attached hydrogen (secondary N) is 1. The third kappa shape index (κ3) is 4.54. The molecule has 0 saturated heterocycles. The maximum absolute atomic E-state index is 11.5. The topological polar surface area (TPSA) is 108 Å². The maximum Gasteiger partial charge on any atom is 0.360 e. The molecule has 0 spiro atoms. The number of ether oxygens (including phenoxy) is 2. The number of methoxy groups -OCH3 is 1. The van der Waals surface area contributed by atoms with Gasteiger partial charge in [0.15, 0.2) is 5.69 Å². The number of aryl methyl sites for hydroxylation is 1. The molecular weight excluding hydrogens is 264 g/mol. The minimum atomic E-state index is -0.562. The van der Waals surface area contributed by atoms with E-state index >= 15 is 0 Å². The van der Waals surface area contributed by atoms with Crippen LogP contribution in [0.4, 0.5) is 5.82 Å². The predicted octanol–water partition coefficient (Wildman–Crippen LogP) is -0.205. The molecule has 0 aliphatic carbocycles. The van der Waals surface area contributed by atoms with Gasteiger partial charge in [0, 0.05) is 26.6 Å². The molecule has 1 aromatic rings. The summed E-state index contributed by atoms with van der Waals surface area (Å²) in [6.07, 6.45) is 1.66. The first-order valence-corrected chi connectivity index (χ1v) is 6.33. The Bertz CT molecular complexity index is 458. The summed E-state index contributed by atoms with van der Waals surface area (Å²) in [5.74, 6) is -0.478. The number of aromatic nitrogens is 2. The average molecular weight is 284 g/mol. The van der Waals surface area contributed by atoms with Gasteiger partial charge in [-0.3, -0.25) is 4.79 Å². The summed E-state index contributed by atoms with van der Waals surface area (Å²) in [5, 5.41) is 2.69. The van der Waals surface area contributed by atoms with Gasteiger partial charge in [0.2, 0.25) is 5.91 Å². The third-order valence-corrected chi connectivity index (χ3v) is 2.56. The van der Waals surface area contributed by atoms with Crippen LogP contribution in [0.3, 0.4) is 0 Å². The van der Waals surface area contributed by atoms with Crippen molar-refractivity contribution in [2.75, 3.05) is 32.6 Å². The fraction of sp³-hybridized carbons (Fsp3) is 0.583. The Morgan fingerprint density at radius 2 is 2.25 bits per heavy atom. The van der Waals surface area contributed by atoms with Gasteiger partial charge < -0.3 is 25.1 Å². The van der Waals surface area contributed by atoms with Crippen LogP contribution in [0.5, 0.6) is 0 Å². The Balaban J connectivity index is 2.49. The highest BCUT2D eigenvalue weighted by Gasteiger charge is 2.16. The number of nitrogens with zero attached hydrogens (tertiary/aromatic N) is 2. The zero-order chi connectivity index (χ0) is 15.0. The van der Waals surface area contributed by atoms with Crippen LogP contribution in [0.1, 0.15) is 23.8 Å². The molecule has 1 heterocycles. The summed E-state index contributed by atoms with van der Waals surface area (Å²) in [4.78, 5) is 26.9. The van der Waals surface area contributed by atoms with Crippen LogP contribution in [-0.4, -0.2) is 48.3 Å². The second-order valence-corrected chi connectivity index (χ2v) is 3.99. The molecule has 0 saturated carbocycles. The van der Waals surface area contributed by atoms with Crippen molar-refractivity contribution in [3.63, 3.8) is 0 Å². The van der Waals surface area contributed by atoms with E-state index in [0.717, 1.165) is 0 Å². The number of esters is 1. The lowest BCUT2D eigenvalue weighted by molar-refractivity contribution is -0.121. The van der Waals surface area contributed by atoms with Crippen molar-refractivity contribution >= 4 is 17.7 Å². The Kier molecular flexibility index (Phi) is 6.51. The number of anilines is 1. The molecule has 0 aliphatic rings. The van der Waals surface area contributed by atoms with Gasteiger partial charge in [0.25, 0.3) is 0 Å². The van der Waals surface area contributed by atoms with Crippen LogP contribution in [0.15, 0.2) is 6.33 Å². The third-order valence-electron chi connectivity index (χ3n) is 2.56. The number of carbonyl (C=O) groups is 2. The first-order valence-electron chi connectivity index (χ1n) is 6.33. The summed E-state index contributed by atoms with van der Waals surface area (Å²) >= 11 is 0. The fourth-order valence-corrected chi connectivity index (χ4v) is 1.53.